The van der Waals surface area contributed by atoms with E-state index in [0.717, 1.165) is 11.8 Å². The molecular formula is C12H22O. The summed E-state index contributed by atoms with van der Waals surface area (Å²) in [5.74, 6) is 1.48. The van der Waals surface area contributed by atoms with Gasteiger partial charge in [-0.25, -0.2) is 0 Å². The summed E-state index contributed by atoms with van der Waals surface area (Å²) < 4.78 is 5.52. The summed E-state index contributed by atoms with van der Waals surface area (Å²) in [6.07, 6.45) is 7.27. The lowest BCUT2D eigenvalue weighted by molar-refractivity contribution is -0.0427. The summed E-state index contributed by atoms with van der Waals surface area (Å²) in [6.45, 7) is 8.26. The Hall–Kier alpha value is -0.300. The summed E-state index contributed by atoms with van der Waals surface area (Å²) in [5, 5.41) is 0. The van der Waals surface area contributed by atoms with Crippen molar-refractivity contribution in [2.45, 2.75) is 45.1 Å². The first-order valence-electron chi connectivity index (χ1n) is 5.28. The molecule has 1 heteroatoms. The van der Waals surface area contributed by atoms with Crippen LogP contribution in [0.2, 0.25) is 0 Å². The fraction of sp³-hybridized carbons (Fsp3) is 0.833. The third kappa shape index (κ3) is 2.57. The van der Waals surface area contributed by atoms with Gasteiger partial charge >= 0.3 is 0 Å². The highest BCUT2D eigenvalue weighted by Gasteiger charge is 2.32. The van der Waals surface area contributed by atoms with Crippen LogP contribution in [0.15, 0.2) is 12.7 Å². The second kappa shape index (κ2) is 4.28. The Labute approximate surface area is 82.2 Å². The van der Waals surface area contributed by atoms with E-state index in [0.29, 0.717) is 0 Å². The molecule has 0 aromatic rings. The lowest BCUT2D eigenvalue weighted by Gasteiger charge is -2.37. The highest BCUT2D eigenvalue weighted by molar-refractivity contribution is 4.89. The van der Waals surface area contributed by atoms with E-state index in [1.54, 1.807) is 0 Å². The van der Waals surface area contributed by atoms with Gasteiger partial charge in [-0.15, -0.1) is 6.58 Å². The van der Waals surface area contributed by atoms with Gasteiger partial charge in [0, 0.05) is 7.11 Å². The number of ether oxygens (including phenoxy) is 1. The smallest absolute Gasteiger partial charge is 0.0650 e. The van der Waals surface area contributed by atoms with Gasteiger partial charge in [-0.1, -0.05) is 6.08 Å². The Balaban J connectivity index is 2.44. The average Bonchev–Trinajstić information content (AvgIpc) is 2.18. The zero-order chi connectivity index (χ0) is 9.90. The van der Waals surface area contributed by atoms with Crippen LogP contribution in [0, 0.1) is 11.8 Å². The van der Waals surface area contributed by atoms with Crippen molar-refractivity contribution in [1.29, 1.82) is 0 Å². The highest BCUT2D eigenvalue weighted by Crippen LogP contribution is 2.37. The van der Waals surface area contributed by atoms with Crippen LogP contribution in [0.5, 0.6) is 0 Å². The molecule has 0 radical (unpaired) electrons. The summed E-state index contributed by atoms with van der Waals surface area (Å²) in [4.78, 5) is 0. The normalized spacial score (nSPS) is 30.1. The van der Waals surface area contributed by atoms with Gasteiger partial charge in [-0.05, 0) is 51.4 Å². The molecule has 0 aliphatic heterocycles. The van der Waals surface area contributed by atoms with Crippen molar-refractivity contribution in [3.63, 3.8) is 0 Å². The van der Waals surface area contributed by atoms with Crippen LogP contribution < -0.4 is 0 Å². The van der Waals surface area contributed by atoms with E-state index in [2.05, 4.69) is 26.5 Å². The second-order valence-corrected chi connectivity index (χ2v) is 4.65. The Bertz CT molecular complexity index is 164. The van der Waals surface area contributed by atoms with E-state index >= 15 is 0 Å². The average molecular weight is 182 g/mol. The number of methoxy groups -OCH3 is 1. The quantitative estimate of drug-likeness (QED) is 0.608. The molecule has 76 valence electrons. The molecule has 0 aromatic heterocycles. The summed E-state index contributed by atoms with van der Waals surface area (Å²) in [5.41, 5.74) is 0.0616. The lowest BCUT2D eigenvalue weighted by atomic mass is 9.75. The van der Waals surface area contributed by atoms with Gasteiger partial charge in [-0.2, -0.15) is 0 Å². The first kappa shape index (κ1) is 10.8. The molecule has 0 amide bonds. The monoisotopic (exact) mass is 182 g/mol. The van der Waals surface area contributed by atoms with Gasteiger partial charge in [-0.3, -0.25) is 0 Å². The molecule has 0 unspecified atom stereocenters. The number of allylic oxidation sites excluding steroid dienone is 1. The fourth-order valence-electron chi connectivity index (χ4n) is 2.22. The molecule has 1 nitrogen and oxygen atoms in total. The lowest BCUT2D eigenvalue weighted by Crippen LogP contribution is -2.35. The van der Waals surface area contributed by atoms with E-state index in [1.165, 1.54) is 25.7 Å². The van der Waals surface area contributed by atoms with E-state index in [4.69, 9.17) is 4.74 Å². The first-order valence-corrected chi connectivity index (χ1v) is 5.28. The summed E-state index contributed by atoms with van der Waals surface area (Å²) in [7, 11) is 1.82. The topological polar surface area (TPSA) is 9.23 Å². The molecule has 0 spiro atoms. The minimum atomic E-state index is 0.0616. The van der Waals surface area contributed by atoms with Crippen LogP contribution in [0.3, 0.4) is 0 Å². The van der Waals surface area contributed by atoms with Gasteiger partial charge < -0.3 is 4.74 Å². The van der Waals surface area contributed by atoms with Crippen molar-refractivity contribution in [3.05, 3.63) is 12.7 Å². The second-order valence-electron chi connectivity index (χ2n) is 4.65. The maximum atomic E-state index is 5.52. The van der Waals surface area contributed by atoms with E-state index in [9.17, 15) is 0 Å². The Morgan fingerprint density at radius 2 is 1.77 bits per heavy atom. The van der Waals surface area contributed by atoms with E-state index in [1.807, 2.05) is 7.11 Å². The standard InChI is InChI=1S/C12H22O/c1-5-10-6-8-11(9-7-10)12(2,3)13-4/h5,10-11H,1,6-9H2,2-4H3. The van der Waals surface area contributed by atoms with Crippen molar-refractivity contribution in [1.82, 2.24) is 0 Å². The highest BCUT2D eigenvalue weighted by atomic mass is 16.5. The zero-order valence-electron chi connectivity index (χ0n) is 9.18. The molecule has 0 N–H and O–H groups in total. The third-order valence-corrected chi connectivity index (χ3v) is 3.61. The minimum Gasteiger partial charge on any atom is -0.379 e. The molecule has 0 aromatic carbocycles. The Morgan fingerprint density at radius 3 is 2.15 bits per heavy atom. The number of hydrogen-bond acceptors (Lipinski definition) is 1. The van der Waals surface area contributed by atoms with Gasteiger partial charge in [0.25, 0.3) is 0 Å². The summed E-state index contributed by atoms with van der Waals surface area (Å²) >= 11 is 0. The van der Waals surface area contributed by atoms with Gasteiger partial charge in [0.2, 0.25) is 0 Å². The predicted octanol–water partition coefficient (Wildman–Crippen LogP) is 3.40. The molecular weight excluding hydrogens is 160 g/mol. The Kier molecular flexibility index (Phi) is 3.55. The minimum absolute atomic E-state index is 0.0616. The third-order valence-electron chi connectivity index (χ3n) is 3.61. The Morgan fingerprint density at radius 1 is 1.23 bits per heavy atom. The SMILES string of the molecule is C=CC1CCC(C(C)(C)OC)CC1. The van der Waals surface area contributed by atoms with Gasteiger partial charge in [0.1, 0.15) is 0 Å². The molecule has 1 saturated carbocycles. The van der Waals surface area contributed by atoms with Crippen LogP contribution in [0.4, 0.5) is 0 Å². The van der Waals surface area contributed by atoms with E-state index in [-0.39, 0.29) is 5.60 Å². The van der Waals surface area contributed by atoms with Crippen molar-refractivity contribution in [2.24, 2.45) is 11.8 Å². The molecule has 1 rings (SSSR count). The fourth-order valence-corrected chi connectivity index (χ4v) is 2.22. The largest absolute Gasteiger partial charge is 0.379 e. The molecule has 0 bridgehead atoms. The summed E-state index contributed by atoms with van der Waals surface area (Å²) in [6, 6.07) is 0. The molecule has 1 aliphatic rings. The van der Waals surface area contributed by atoms with Crippen LogP contribution in [-0.2, 0) is 4.74 Å². The maximum Gasteiger partial charge on any atom is 0.0650 e. The van der Waals surface area contributed by atoms with Crippen molar-refractivity contribution in [2.75, 3.05) is 7.11 Å². The van der Waals surface area contributed by atoms with Crippen molar-refractivity contribution >= 4 is 0 Å². The van der Waals surface area contributed by atoms with Gasteiger partial charge in [0.15, 0.2) is 0 Å². The molecule has 1 aliphatic carbocycles. The number of hydrogen-bond donors (Lipinski definition) is 0. The van der Waals surface area contributed by atoms with Crippen molar-refractivity contribution < 1.29 is 4.74 Å². The maximum absolute atomic E-state index is 5.52. The molecule has 0 atom stereocenters. The number of rotatable bonds is 3. The van der Waals surface area contributed by atoms with Gasteiger partial charge in [0.05, 0.1) is 5.60 Å². The van der Waals surface area contributed by atoms with Crippen LogP contribution >= 0.6 is 0 Å². The predicted molar refractivity (Wildman–Crippen MR) is 56.7 cm³/mol. The molecule has 13 heavy (non-hydrogen) atoms. The molecule has 0 saturated heterocycles. The van der Waals surface area contributed by atoms with Crippen molar-refractivity contribution in [3.8, 4) is 0 Å². The van der Waals surface area contributed by atoms with Crippen LogP contribution in [0.1, 0.15) is 39.5 Å². The molecule has 1 fully saturated rings. The first-order chi connectivity index (χ1) is 6.10. The molecule has 0 heterocycles. The van der Waals surface area contributed by atoms with E-state index < -0.39 is 0 Å². The van der Waals surface area contributed by atoms with Crippen LogP contribution in [0.25, 0.3) is 0 Å². The zero-order valence-corrected chi connectivity index (χ0v) is 9.18. The van der Waals surface area contributed by atoms with Crippen LogP contribution in [-0.4, -0.2) is 12.7 Å².